The molecule has 0 N–H and O–H groups in total. The van der Waals surface area contributed by atoms with Gasteiger partial charge in [-0.1, -0.05) is 32.9 Å². The van der Waals surface area contributed by atoms with Crippen molar-refractivity contribution in [3.63, 3.8) is 0 Å². The minimum atomic E-state index is -0.157. The van der Waals surface area contributed by atoms with Crippen molar-refractivity contribution in [2.75, 3.05) is 4.90 Å². The molecule has 2 heterocycles. The summed E-state index contributed by atoms with van der Waals surface area (Å²) in [6, 6.07) is 7.91. The molecule has 0 saturated carbocycles. The summed E-state index contributed by atoms with van der Waals surface area (Å²) in [5.74, 6) is 1.90. The van der Waals surface area contributed by atoms with E-state index in [-0.39, 0.29) is 5.41 Å². The lowest BCUT2D eigenvalue weighted by Crippen LogP contribution is -2.22. The molecule has 6 heteroatoms. The number of aryl methyl sites for hydroxylation is 3. The van der Waals surface area contributed by atoms with Crippen LogP contribution in [0.1, 0.15) is 43.7 Å². The van der Waals surface area contributed by atoms with E-state index in [9.17, 15) is 4.79 Å². The topological polar surface area (TPSA) is 71.9 Å². The number of amides is 1. The molecule has 0 spiro atoms. The fourth-order valence-corrected chi connectivity index (χ4v) is 3.14. The summed E-state index contributed by atoms with van der Waals surface area (Å²) in [4.78, 5) is 31.1. The summed E-state index contributed by atoms with van der Waals surface area (Å²) in [5.41, 5.74) is 4.33. The molecule has 0 radical (unpaired) electrons. The molecule has 0 saturated heterocycles. The molecule has 0 fully saturated rings. The first kappa shape index (κ1) is 19.6. The number of benzene rings is 1. The van der Waals surface area contributed by atoms with Crippen molar-refractivity contribution < 1.29 is 4.79 Å². The number of hydrogen-bond donors (Lipinski definition) is 0. The van der Waals surface area contributed by atoms with E-state index < -0.39 is 0 Å². The molecule has 0 aliphatic rings. The van der Waals surface area contributed by atoms with E-state index in [0.29, 0.717) is 11.6 Å². The van der Waals surface area contributed by atoms with Crippen LogP contribution in [0.2, 0.25) is 0 Å². The van der Waals surface area contributed by atoms with Crippen LogP contribution in [-0.4, -0.2) is 26.3 Å². The zero-order valence-corrected chi connectivity index (χ0v) is 17.2. The fourth-order valence-electron chi connectivity index (χ4n) is 3.14. The zero-order chi connectivity index (χ0) is 20.5. The zero-order valence-electron chi connectivity index (χ0n) is 17.2. The van der Waals surface area contributed by atoms with Crippen LogP contribution < -0.4 is 4.90 Å². The quantitative estimate of drug-likeness (QED) is 0.630. The Morgan fingerprint density at radius 2 is 1.57 bits per heavy atom. The smallest absolute Gasteiger partial charge is 0.219 e. The molecule has 0 atom stereocenters. The van der Waals surface area contributed by atoms with Crippen molar-refractivity contribution in [2.45, 2.75) is 47.0 Å². The van der Waals surface area contributed by atoms with Crippen LogP contribution in [-0.2, 0) is 10.2 Å². The van der Waals surface area contributed by atoms with Crippen LogP contribution in [0.25, 0.3) is 11.1 Å². The molecule has 3 aromatic rings. The van der Waals surface area contributed by atoms with Gasteiger partial charge in [0.2, 0.25) is 6.41 Å². The molecular weight excluding hydrogens is 350 g/mol. The van der Waals surface area contributed by atoms with Gasteiger partial charge in [0.25, 0.3) is 0 Å². The molecule has 0 bridgehead atoms. The molecule has 0 unspecified atom stereocenters. The fraction of sp³-hybridized carbons (Fsp3) is 0.318. The lowest BCUT2D eigenvalue weighted by Gasteiger charge is -2.28. The highest BCUT2D eigenvalue weighted by atomic mass is 16.1. The summed E-state index contributed by atoms with van der Waals surface area (Å²) >= 11 is 0. The van der Waals surface area contributed by atoms with Gasteiger partial charge in [-0.2, -0.15) is 0 Å². The van der Waals surface area contributed by atoms with Gasteiger partial charge in [0.1, 0.15) is 17.5 Å². The lowest BCUT2D eigenvalue weighted by atomic mass is 9.84. The maximum atomic E-state index is 12.1. The normalized spacial score (nSPS) is 11.4. The monoisotopic (exact) mass is 375 g/mol. The minimum absolute atomic E-state index is 0.157. The Balaban J connectivity index is 2.21. The molecule has 6 nitrogen and oxygen atoms in total. The average Bonchev–Trinajstić information content (AvgIpc) is 2.61. The Hall–Kier alpha value is -3.15. The van der Waals surface area contributed by atoms with Gasteiger partial charge >= 0.3 is 0 Å². The number of hydrogen-bond acceptors (Lipinski definition) is 5. The third kappa shape index (κ3) is 4.06. The van der Waals surface area contributed by atoms with Crippen molar-refractivity contribution in [1.82, 2.24) is 19.9 Å². The average molecular weight is 375 g/mol. The maximum absolute atomic E-state index is 12.1. The highest BCUT2D eigenvalue weighted by molar-refractivity contribution is 5.88. The van der Waals surface area contributed by atoms with Crippen LogP contribution in [0.4, 0.5) is 11.5 Å². The maximum Gasteiger partial charge on any atom is 0.219 e. The van der Waals surface area contributed by atoms with E-state index in [4.69, 9.17) is 0 Å². The molecule has 2 aromatic heterocycles. The second-order valence-electron chi connectivity index (χ2n) is 7.89. The Morgan fingerprint density at radius 3 is 2.14 bits per heavy atom. The van der Waals surface area contributed by atoms with Gasteiger partial charge in [-0.15, -0.1) is 0 Å². The standard InChI is InChI=1S/C22H25N5O/c1-14-9-21(26-16(3)25-14)27(13-28)20-10-17(7-8-19(20)22(4,5)6)18-11-23-15(2)24-12-18/h7-13H,1-6H3. The van der Waals surface area contributed by atoms with Gasteiger partial charge in [-0.3, -0.25) is 9.69 Å². The van der Waals surface area contributed by atoms with Gasteiger partial charge in [0, 0.05) is 29.7 Å². The Kier molecular flexibility index (Phi) is 5.23. The molecular formula is C22H25N5O. The van der Waals surface area contributed by atoms with E-state index >= 15 is 0 Å². The Labute approximate surface area is 165 Å². The first-order chi connectivity index (χ1) is 13.2. The van der Waals surface area contributed by atoms with Crippen molar-refractivity contribution in [3.05, 3.63) is 59.6 Å². The number of carbonyl (C=O) groups excluding carboxylic acids is 1. The number of anilines is 2. The highest BCUT2D eigenvalue weighted by Crippen LogP contribution is 2.37. The predicted molar refractivity (Wildman–Crippen MR) is 111 cm³/mol. The first-order valence-corrected chi connectivity index (χ1v) is 9.19. The third-order valence-electron chi connectivity index (χ3n) is 4.48. The summed E-state index contributed by atoms with van der Waals surface area (Å²) in [5, 5.41) is 0. The number of aromatic nitrogens is 4. The summed E-state index contributed by atoms with van der Waals surface area (Å²) in [6.45, 7) is 11.9. The molecule has 1 aromatic carbocycles. The molecule has 0 aliphatic carbocycles. The largest absolute Gasteiger partial charge is 0.278 e. The van der Waals surface area contributed by atoms with Crippen LogP contribution in [0.3, 0.4) is 0 Å². The van der Waals surface area contributed by atoms with Gasteiger partial charge in [0.15, 0.2) is 0 Å². The van der Waals surface area contributed by atoms with E-state index in [0.717, 1.165) is 40.3 Å². The second kappa shape index (κ2) is 7.46. The van der Waals surface area contributed by atoms with Gasteiger partial charge < -0.3 is 0 Å². The summed E-state index contributed by atoms with van der Waals surface area (Å²) in [6.07, 6.45) is 4.39. The number of carbonyl (C=O) groups is 1. The SMILES string of the molecule is Cc1cc(N(C=O)c2cc(-c3cnc(C)nc3)ccc2C(C)(C)C)nc(C)n1. The van der Waals surface area contributed by atoms with Crippen LogP contribution in [0.15, 0.2) is 36.7 Å². The lowest BCUT2D eigenvalue weighted by molar-refractivity contribution is -0.106. The van der Waals surface area contributed by atoms with E-state index in [1.165, 1.54) is 0 Å². The number of nitrogens with zero attached hydrogens (tertiary/aromatic N) is 5. The van der Waals surface area contributed by atoms with E-state index in [1.807, 2.05) is 39.0 Å². The van der Waals surface area contributed by atoms with Crippen molar-refractivity contribution in [1.29, 1.82) is 0 Å². The van der Waals surface area contributed by atoms with Crippen molar-refractivity contribution in [2.24, 2.45) is 0 Å². The van der Waals surface area contributed by atoms with Crippen molar-refractivity contribution in [3.8, 4) is 11.1 Å². The van der Waals surface area contributed by atoms with Crippen molar-refractivity contribution >= 4 is 17.9 Å². The predicted octanol–water partition coefficient (Wildman–Crippen LogP) is 4.45. The van der Waals surface area contributed by atoms with Gasteiger partial charge in [0.05, 0.1) is 5.69 Å². The molecule has 3 rings (SSSR count). The molecule has 1 amide bonds. The molecule has 28 heavy (non-hydrogen) atoms. The molecule has 0 aliphatic heterocycles. The first-order valence-electron chi connectivity index (χ1n) is 9.19. The van der Waals surface area contributed by atoms with E-state index in [1.54, 1.807) is 17.3 Å². The number of rotatable bonds is 4. The van der Waals surface area contributed by atoms with Crippen LogP contribution >= 0.6 is 0 Å². The van der Waals surface area contributed by atoms with Crippen LogP contribution in [0.5, 0.6) is 0 Å². The Bertz CT molecular complexity index is 986. The molecule has 144 valence electrons. The highest BCUT2D eigenvalue weighted by Gasteiger charge is 2.24. The second-order valence-corrected chi connectivity index (χ2v) is 7.89. The summed E-state index contributed by atoms with van der Waals surface area (Å²) in [7, 11) is 0. The van der Waals surface area contributed by atoms with Gasteiger partial charge in [-0.05, 0) is 43.4 Å². The third-order valence-corrected chi connectivity index (χ3v) is 4.48. The minimum Gasteiger partial charge on any atom is -0.278 e. The van der Waals surface area contributed by atoms with E-state index in [2.05, 4.69) is 46.8 Å². The van der Waals surface area contributed by atoms with Gasteiger partial charge in [-0.25, -0.2) is 19.9 Å². The summed E-state index contributed by atoms with van der Waals surface area (Å²) < 4.78 is 0. The van der Waals surface area contributed by atoms with Crippen LogP contribution in [0, 0.1) is 20.8 Å². The Morgan fingerprint density at radius 1 is 0.893 bits per heavy atom.